The van der Waals surface area contributed by atoms with E-state index in [-0.39, 0.29) is 0 Å². The van der Waals surface area contributed by atoms with Crippen LogP contribution in [-0.2, 0) is 13.0 Å². The summed E-state index contributed by atoms with van der Waals surface area (Å²) >= 11 is 0. The molecule has 16 heavy (non-hydrogen) atoms. The Bertz CT molecular complexity index is 490. The van der Waals surface area contributed by atoms with E-state index in [4.69, 9.17) is 4.42 Å². The van der Waals surface area contributed by atoms with Crippen molar-refractivity contribution in [3.05, 3.63) is 47.2 Å². The lowest BCUT2D eigenvalue weighted by molar-refractivity contribution is 0.472. The number of aryl methyl sites for hydroxylation is 1. The van der Waals surface area contributed by atoms with E-state index < -0.39 is 0 Å². The van der Waals surface area contributed by atoms with E-state index in [0.717, 1.165) is 31.0 Å². The Kier molecular flexibility index (Phi) is 2.29. The van der Waals surface area contributed by atoms with Crippen molar-refractivity contribution in [3.8, 4) is 11.3 Å². The molecule has 0 spiro atoms. The van der Waals surface area contributed by atoms with Gasteiger partial charge in [0, 0.05) is 5.56 Å². The second kappa shape index (κ2) is 3.80. The van der Waals surface area contributed by atoms with Gasteiger partial charge in [0.25, 0.3) is 0 Å². The predicted octanol–water partition coefficient (Wildman–Crippen LogP) is 2.90. The fourth-order valence-corrected chi connectivity index (χ4v) is 2.19. The number of fused-ring (bicyclic) bond motifs is 1. The predicted molar refractivity (Wildman–Crippen MR) is 64.3 cm³/mol. The summed E-state index contributed by atoms with van der Waals surface area (Å²) in [7, 11) is 0. The number of rotatable bonds is 1. The summed E-state index contributed by atoms with van der Waals surface area (Å²) < 4.78 is 5.88. The molecule has 2 heteroatoms. The molecule has 0 fully saturated rings. The van der Waals surface area contributed by atoms with Gasteiger partial charge < -0.3 is 9.73 Å². The number of hydrogen-bond donors (Lipinski definition) is 1. The molecule has 0 saturated heterocycles. The van der Waals surface area contributed by atoms with E-state index in [9.17, 15) is 0 Å². The Morgan fingerprint density at radius 1 is 1.25 bits per heavy atom. The molecule has 82 valence electrons. The number of nitrogens with one attached hydrogen (secondary N) is 1. The fourth-order valence-electron chi connectivity index (χ4n) is 2.19. The van der Waals surface area contributed by atoms with Crippen LogP contribution in [0.4, 0.5) is 0 Å². The normalized spacial score (nSPS) is 14.8. The molecule has 0 saturated carbocycles. The Labute approximate surface area is 95.3 Å². The zero-order valence-electron chi connectivity index (χ0n) is 9.42. The van der Waals surface area contributed by atoms with Gasteiger partial charge in [0.1, 0.15) is 11.5 Å². The highest BCUT2D eigenvalue weighted by Crippen LogP contribution is 2.27. The minimum atomic E-state index is 0.862. The maximum absolute atomic E-state index is 5.88. The summed E-state index contributed by atoms with van der Waals surface area (Å²) in [4.78, 5) is 0. The second-order valence-corrected chi connectivity index (χ2v) is 4.36. The summed E-state index contributed by atoms with van der Waals surface area (Å²) in [5, 5.41) is 3.32. The van der Waals surface area contributed by atoms with Gasteiger partial charge in [-0.05, 0) is 37.6 Å². The van der Waals surface area contributed by atoms with Crippen LogP contribution in [0, 0.1) is 6.92 Å². The number of hydrogen-bond acceptors (Lipinski definition) is 2. The zero-order valence-corrected chi connectivity index (χ0v) is 9.42. The van der Waals surface area contributed by atoms with Gasteiger partial charge in [-0.3, -0.25) is 0 Å². The first-order valence-corrected chi connectivity index (χ1v) is 5.72. The Hall–Kier alpha value is -1.54. The minimum Gasteiger partial charge on any atom is -0.459 e. The molecule has 0 bridgehead atoms. The second-order valence-electron chi connectivity index (χ2n) is 4.36. The summed E-state index contributed by atoms with van der Waals surface area (Å²) in [6, 6.07) is 10.6. The molecule has 1 aromatic heterocycles. The summed E-state index contributed by atoms with van der Waals surface area (Å²) in [6.07, 6.45) is 1.07. The molecule has 2 nitrogen and oxygen atoms in total. The van der Waals surface area contributed by atoms with Gasteiger partial charge in [0.15, 0.2) is 0 Å². The largest absolute Gasteiger partial charge is 0.459 e. The Morgan fingerprint density at radius 3 is 3.00 bits per heavy atom. The van der Waals surface area contributed by atoms with Crippen molar-refractivity contribution >= 4 is 0 Å². The quantitative estimate of drug-likeness (QED) is 0.788. The van der Waals surface area contributed by atoms with Crippen molar-refractivity contribution in [2.75, 3.05) is 6.54 Å². The van der Waals surface area contributed by atoms with Gasteiger partial charge in [-0.2, -0.15) is 0 Å². The molecule has 0 atom stereocenters. The standard InChI is InChI=1S/C14H15NO/c1-10-3-2-4-11(7-10)13-8-12-5-6-15-9-14(12)16-13/h2-4,7-8,15H,5-6,9H2,1H3. The number of furan rings is 1. The molecule has 1 aliphatic rings. The Balaban J connectivity index is 2.03. The minimum absolute atomic E-state index is 0.862. The van der Waals surface area contributed by atoms with Crippen LogP contribution in [0.5, 0.6) is 0 Å². The van der Waals surface area contributed by atoms with Gasteiger partial charge in [0.05, 0.1) is 6.54 Å². The molecule has 3 rings (SSSR count). The maximum Gasteiger partial charge on any atom is 0.134 e. The van der Waals surface area contributed by atoms with Crippen molar-refractivity contribution in [2.45, 2.75) is 19.9 Å². The topological polar surface area (TPSA) is 25.2 Å². The molecule has 0 radical (unpaired) electrons. The molecule has 1 N–H and O–H groups in total. The van der Waals surface area contributed by atoms with Crippen LogP contribution in [0.2, 0.25) is 0 Å². The van der Waals surface area contributed by atoms with Crippen molar-refractivity contribution in [3.63, 3.8) is 0 Å². The number of benzene rings is 1. The first-order valence-electron chi connectivity index (χ1n) is 5.72. The van der Waals surface area contributed by atoms with E-state index in [0.29, 0.717) is 0 Å². The van der Waals surface area contributed by atoms with Crippen molar-refractivity contribution in [2.24, 2.45) is 0 Å². The van der Waals surface area contributed by atoms with Gasteiger partial charge >= 0.3 is 0 Å². The van der Waals surface area contributed by atoms with Crippen LogP contribution in [0.25, 0.3) is 11.3 Å². The lowest BCUT2D eigenvalue weighted by Gasteiger charge is -2.09. The third-order valence-electron chi connectivity index (χ3n) is 3.06. The van der Waals surface area contributed by atoms with E-state index in [1.54, 1.807) is 0 Å². The van der Waals surface area contributed by atoms with Crippen LogP contribution < -0.4 is 5.32 Å². The lowest BCUT2D eigenvalue weighted by atomic mass is 10.1. The van der Waals surface area contributed by atoms with Crippen molar-refractivity contribution in [1.82, 2.24) is 5.32 Å². The van der Waals surface area contributed by atoms with Crippen LogP contribution in [0.3, 0.4) is 0 Å². The third kappa shape index (κ3) is 1.65. The van der Waals surface area contributed by atoms with E-state index >= 15 is 0 Å². The highest BCUT2D eigenvalue weighted by molar-refractivity contribution is 5.60. The monoisotopic (exact) mass is 213 g/mol. The first kappa shape index (κ1) is 9.67. The molecular formula is C14H15NO. The van der Waals surface area contributed by atoms with Crippen LogP contribution >= 0.6 is 0 Å². The van der Waals surface area contributed by atoms with Crippen LogP contribution in [0.1, 0.15) is 16.9 Å². The van der Waals surface area contributed by atoms with Gasteiger partial charge in [-0.15, -0.1) is 0 Å². The summed E-state index contributed by atoms with van der Waals surface area (Å²) in [6.45, 7) is 4.02. The molecule has 0 aliphatic carbocycles. The van der Waals surface area contributed by atoms with Gasteiger partial charge in [-0.25, -0.2) is 0 Å². The van der Waals surface area contributed by atoms with E-state index in [1.807, 2.05) is 0 Å². The Morgan fingerprint density at radius 2 is 2.19 bits per heavy atom. The third-order valence-corrected chi connectivity index (χ3v) is 3.06. The lowest BCUT2D eigenvalue weighted by Crippen LogP contribution is -2.22. The zero-order chi connectivity index (χ0) is 11.0. The summed E-state index contributed by atoms with van der Waals surface area (Å²) in [5.41, 5.74) is 3.80. The smallest absolute Gasteiger partial charge is 0.134 e. The average Bonchev–Trinajstić information content (AvgIpc) is 2.72. The summed E-state index contributed by atoms with van der Waals surface area (Å²) in [5.74, 6) is 2.10. The van der Waals surface area contributed by atoms with Crippen molar-refractivity contribution < 1.29 is 4.42 Å². The highest BCUT2D eigenvalue weighted by atomic mass is 16.3. The molecule has 1 aliphatic heterocycles. The van der Waals surface area contributed by atoms with Gasteiger partial charge in [-0.1, -0.05) is 23.8 Å². The molecule has 2 aromatic rings. The van der Waals surface area contributed by atoms with Crippen molar-refractivity contribution in [1.29, 1.82) is 0 Å². The average molecular weight is 213 g/mol. The first-order chi connectivity index (χ1) is 7.83. The maximum atomic E-state index is 5.88. The van der Waals surface area contributed by atoms with E-state index in [1.165, 1.54) is 16.7 Å². The fraction of sp³-hybridized carbons (Fsp3) is 0.286. The highest BCUT2D eigenvalue weighted by Gasteiger charge is 2.15. The molecule has 1 aromatic carbocycles. The molecular weight excluding hydrogens is 198 g/mol. The van der Waals surface area contributed by atoms with Gasteiger partial charge in [0.2, 0.25) is 0 Å². The molecule has 0 unspecified atom stereocenters. The molecule has 0 amide bonds. The molecule has 2 heterocycles. The van der Waals surface area contributed by atoms with Crippen LogP contribution in [0.15, 0.2) is 34.7 Å². The SMILES string of the molecule is Cc1cccc(-c2cc3c(o2)CNCC3)c1. The van der Waals surface area contributed by atoms with Crippen LogP contribution in [-0.4, -0.2) is 6.54 Å². The van der Waals surface area contributed by atoms with E-state index in [2.05, 4.69) is 42.6 Å².